The average Bonchev–Trinajstić information content (AvgIpc) is 2.82. The molecule has 0 saturated carbocycles. The minimum absolute atomic E-state index is 0.0371. The quantitative estimate of drug-likeness (QED) is 0.693. The minimum atomic E-state index is -0.0371. The molecule has 4 nitrogen and oxygen atoms in total. The van der Waals surface area contributed by atoms with E-state index in [0.29, 0.717) is 20.8 Å². The van der Waals surface area contributed by atoms with Gasteiger partial charge in [0.05, 0.1) is 15.8 Å². The summed E-state index contributed by atoms with van der Waals surface area (Å²) in [6, 6.07) is 4.82. The fourth-order valence-corrected chi connectivity index (χ4v) is 2.12. The molecule has 0 bridgehead atoms. The predicted molar refractivity (Wildman–Crippen MR) is 67.9 cm³/mol. The van der Waals surface area contributed by atoms with Crippen molar-refractivity contribution in [2.24, 2.45) is 0 Å². The summed E-state index contributed by atoms with van der Waals surface area (Å²) in [6.45, 7) is 0. The number of carbonyl (C=O) groups is 1. The first-order valence-electron chi connectivity index (χ1n) is 4.63. The maximum absolute atomic E-state index is 11.8. The van der Waals surface area contributed by atoms with E-state index in [-0.39, 0.29) is 11.5 Å². The maximum atomic E-state index is 11.8. The molecule has 0 aliphatic carbocycles. The van der Waals surface area contributed by atoms with Crippen LogP contribution < -0.4 is 0 Å². The van der Waals surface area contributed by atoms with Crippen molar-refractivity contribution < 1.29 is 4.79 Å². The van der Waals surface area contributed by atoms with E-state index in [1.807, 2.05) is 0 Å². The highest BCUT2D eigenvalue weighted by atomic mass is 35.5. The lowest BCUT2D eigenvalue weighted by Gasteiger charge is -2.01. The highest BCUT2D eigenvalue weighted by molar-refractivity contribution is 7.99. The fourth-order valence-electron chi connectivity index (χ4n) is 1.15. The number of Topliss-reactive ketones (excluding diaryl/α,β-unsaturated/α-hetero) is 1. The van der Waals surface area contributed by atoms with Crippen molar-refractivity contribution in [1.29, 1.82) is 0 Å². The smallest absolute Gasteiger partial charge is 0.183 e. The van der Waals surface area contributed by atoms with Crippen molar-refractivity contribution in [2.75, 3.05) is 5.75 Å². The van der Waals surface area contributed by atoms with E-state index in [9.17, 15) is 4.79 Å². The van der Waals surface area contributed by atoms with Crippen LogP contribution >= 0.6 is 35.0 Å². The fraction of sp³-hybridized carbons (Fsp3) is 0.100. The molecule has 1 aromatic carbocycles. The number of aromatic amines is 1. The van der Waals surface area contributed by atoms with Gasteiger partial charge >= 0.3 is 0 Å². The molecule has 0 atom stereocenters. The molecule has 0 fully saturated rings. The summed E-state index contributed by atoms with van der Waals surface area (Å²) < 4.78 is 0. The number of hydrogen-bond donors (Lipinski definition) is 1. The molecule has 1 N–H and O–H groups in total. The largest absolute Gasteiger partial charge is 0.293 e. The molecule has 17 heavy (non-hydrogen) atoms. The number of ketones is 1. The van der Waals surface area contributed by atoms with Crippen LogP contribution in [0.15, 0.2) is 29.7 Å². The van der Waals surface area contributed by atoms with E-state index < -0.39 is 0 Å². The second-order valence-electron chi connectivity index (χ2n) is 3.13. The molecule has 1 aromatic heterocycles. The van der Waals surface area contributed by atoms with E-state index in [2.05, 4.69) is 15.2 Å². The molecule has 0 amide bonds. The zero-order valence-corrected chi connectivity index (χ0v) is 10.8. The second-order valence-corrected chi connectivity index (χ2v) is 4.91. The molecule has 88 valence electrons. The number of nitrogens with zero attached hydrogens (tertiary/aromatic N) is 2. The molecule has 2 aromatic rings. The molecule has 0 unspecified atom stereocenters. The molecule has 0 saturated heterocycles. The number of nitrogens with one attached hydrogen (secondary N) is 1. The zero-order chi connectivity index (χ0) is 12.3. The van der Waals surface area contributed by atoms with Crippen molar-refractivity contribution in [3.8, 4) is 0 Å². The lowest BCUT2D eigenvalue weighted by Crippen LogP contribution is -2.02. The molecule has 2 rings (SSSR count). The molecular formula is C10H7Cl2N3OS. The van der Waals surface area contributed by atoms with Crippen LogP contribution in [-0.4, -0.2) is 26.7 Å². The monoisotopic (exact) mass is 287 g/mol. The number of rotatable bonds is 4. The summed E-state index contributed by atoms with van der Waals surface area (Å²) in [7, 11) is 0. The maximum Gasteiger partial charge on any atom is 0.183 e. The lowest BCUT2D eigenvalue weighted by molar-refractivity contribution is 0.102. The number of hydrogen-bond acceptors (Lipinski definition) is 4. The van der Waals surface area contributed by atoms with E-state index in [1.165, 1.54) is 18.1 Å². The molecule has 7 heteroatoms. The van der Waals surface area contributed by atoms with Crippen LogP contribution in [0.2, 0.25) is 10.0 Å². The Kier molecular flexibility index (Phi) is 4.04. The SMILES string of the molecule is O=C(CSc1ncn[nH]1)c1ccc(Cl)c(Cl)c1. The van der Waals surface area contributed by atoms with Crippen molar-refractivity contribution in [1.82, 2.24) is 15.2 Å². The van der Waals surface area contributed by atoms with Crippen LogP contribution in [0.4, 0.5) is 0 Å². The third kappa shape index (κ3) is 3.21. The summed E-state index contributed by atoms with van der Waals surface area (Å²) in [6.07, 6.45) is 1.39. The number of benzene rings is 1. The Hall–Kier alpha value is -1.04. The predicted octanol–water partition coefficient (Wildman–Crippen LogP) is 3.09. The van der Waals surface area contributed by atoms with Crippen LogP contribution in [0.5, 0.6) is 0 Å². The van der Waals surface area contributed by atoms with Crippen LogP contribution in [0, 0.1) is 0 Å². The molecule has 0 spiro atoms. The highest BCUT2D eigenvalue weighted by Crippen LogP contribution is 2.23. The van der Waals surface area contributed by atoms with Crippen molar-refractivity contribution in [3.63, 3.8) is 0 Å². The van der Waals surface area contributed by atoms with Crippen molar-refractivity contribution in [3.05, 3.63) is 40.1 Å². The first-order valence-corrected chi connectivity index (χ1v) is 6.37. The van der Waals surface area contributed by atoms with Gasteiger partial charge in [-0.2, -0.15) is 5.10 Å². The Morgan fingerprint density at radius 2 is 2.18 bits per heavy atom. The number of thioether (sulfide) groups is 1. The summed E-state index contributed by atoms with van der Waals surface area (Å²) >= 11 is 12.9. The van der Waals surface area contributed by atoms with Gasteiger partial charge in [0.2, 0.25) is 0 Å². The van der Waals surface area contributed by atoms with E-state index >= 15 is 0 Å². The highest BCUT2D eigenvalue weighted by Gasteiger charge is 2.09. The van der Waals surface area contributed by atoms with Crippen LogP contribution in [-0.2, 0) is 0 Å². The first-order chi connectivity index (χ1) is 8.16. The number of halogens is 2. The summed E-state index contributed by atoms with van der Waals surface area (Å²) in [5, 5.41) is 7.78. The van der Waals surface area contributed by atoms with Gasteiger partial charge in [-0.1, -0.05) is 35.0 Å². The summed E-state index contributed by atoms with van der Waals surface area (Å²) in [5.74, 6) is 0.234. The Morgan fingerprint density at radius 1 is 1.35 bits per heavy atom. The number of H-pyrrole nitrogens is 1. The molecule has 0 aliphatic rings. The van der Waals surface area contributed by atoms with Crippen LogP contribution in [0.1, 0.15) is 10.4 Å². The van der Waals surface area contributed by atoms with Gasteiger partial charge in [-0.3, -0.25) is 9.89 Å². The standard InChI is InChI=1S/C10H7Cl2N3OS/c11-7-2-1-6(3-8(7)12)9(16)4-17-10-13-5-14-15-10/h1-3,5H,4H2,(H,13,14,15). The van der Waals surface area contributed by atoms with Crippen LogP contribution in [0.25, 0.3) is 0 Å². The first kappa shape index (κ1) is 12.4. The number of aromatic nitrogens is 3. The third-order valence-corrected chi connectivity index (χ3v) is 3.59. The van der Waals surface area contributed by atoms with Crippen molar-refractivity contribution in [2.45, 2.75) is 5.16 Å². The van der Waals surface area contributed by atoms with Gasteiger partial charge in [0, 0.05) is 5.56 Å². The summed E-state index contributed by atoms with van der Waals surface area (Å²) in [5.41, 5.74) is 0.534. The third-order valence-electron chi connectivity index (χ3n) is 1.97. The van der Waals surface area contributed by atoms with Gasteiger partial charge < -0.3 is 0 Å². The average molecular weight is 288 g/mol. The van der Waals surface area contributed by atoms with Gasteiger partial charge in [0.1, 0.15) is 6.33 Å². The van der Waals surface area contributed by atoms with Gasteiger partial charge in [0.25, 0.3) is 0 Å². The second kappa shape index (κ2) is 5.53. The number of carbonyl (C=O) groups excluding carboxylic acids is 1. The Balaban J connectivity index is 2.02. The Labute approximate surface area is 112 Å². The molecule has 0 aliphatic heterocycles. The Bertz CT molecular complexity index is 530. The van der Waals surface area contributed by atoms with E-state index in [0.717, 1.165) is 0 Å². The Morgan fingerprint density at radius 3 is 2.82 bits per heavy atom. The topological polar surface area (TPSA) is 58.6 Å². The van der Waals surface area contributed by atoms with E-state index in [1.54, 1.807) is 18.2 Å². The van der Waals surface area contributed by atoms with Gasteiger partial charge in [-0.05, 0) is 18.2 Å². The van der Waals surface area contributed by atoms with Gasteiger partial charge in [-0.15, -0.1) is 0 Å². The normalized spacial score (nSPS) is 10.5. The van der Waals surface area contributed by atoms with Crippen LogP contribution in [0.3, 0.4) is 0 Å². The van der Waals surface area contributed by atoms with Gasteiger partial charge in [0.15, 0.2) is 10.9 Å². The van der Waals surface area contributed by atoms with Gasteiger partial charge in [-0.25, -0.2) is 4.98 Å². The molecular weight excluding hydrogens is 281 g/mol. The van der Waals surface area contributed by atoms with Crippen molar-refractivity contribution >= 4 is 40.7 Å². The summed E-state index contributed by atoms with van der Waals surface area (Å²) in [4.78, 5) is 15.7. The van der Waals surface area contributed by atoms with E-state index in [4.69, 9.17) is 23.2 Å². The molecule has 0 radical (unpaired) electrons. The minimum Gasteiger partial charge on any atom is -0.293 e. The zero-order valence-electron chi connectivity index (χ0n) is 8.48. The lowest BCUT2D eigenvalue weighted by atomic mass is 10.1. The molecule has 1 heterocycles.